The number of hydrogen-bond acceptors (Lipinski definition) is 3. The van der Waals surface area contributed by atoms with E-state index in [0.717, 1.165) is 22.8 Å². The predicted octanol–water partition coefficient (Wildman–Crippen LogP) is 3.08. The largest absolute Gasteiger partial charge is 0.497 e. The van der Waals surface area contributed by atoms with Crippen molar-refractivity contribution < 1.29 is 14.2 Å². The smallest absolute Gasteiger partial charge is 0.127 e. The molecule has 0 saturated heterocycles. The first-order chi connectivity index (χ1) is 8.81. The summed E-state index contributed by atoms with van der Waals surface area (Å²) in [4.78, 5) is 0. The van der Waals surface area contributed by atoms with Gasteiger partial charge in [-0.25, -0.2) is 0 Å². The molecule has 0 aromatic heterocycles. The molecule has 0 aliphatic rings. The minimum Gasteiger partial charge on any atom is -0.497 e. The molecule has 3 heteroatoms. The summed E-state index contributed by atoms with van der Waals surface area (Å²) in [5.41, 5.74) is 0.989. The van der Waals surface area contributed by atoms with E-state index < -0.39 is 0 Å². The summed E-state index contributed by atoms with van der Waals surface area (Å²) in [5, 5.41) is 0. The average Bonchev–Trinajstić information content (AvgIpc) is 2.45. The Bertz CT molecular complexity index is 472. The summed E-state index contributed by atoms with van der Waals surface area (Å²) in [6, 6.07) is 16.2. The first-order valence-electron chi connectivity index (χ1n) is 5.63. The fourth-order valence-electron chi connectivity index (χ4n) is 1.58. The van der Waals surface area contributed by atoms with E-state index in [0.29, 0.717) is 6.61 Å². The first-order valence-corrected chi connectivity index (χ1v) is 5.63. The van der Waals surface area contributed by atoms with Gasteiger partial charge in [-0.2, -0.15) is 0 Å². The molecule has 1 radical (unpaired) electrons. The van der Waals surface area contributed by atoms with Crippen LogP contribution >= 0.6 is 0 Å². The molecule has 3 nitrogen and oxygen atoms in total. The zero-order chi connectivity index (χ0) is 12.8. The summed E-state index contributed by atoms with van der Waals surface area (Å²) >= 11 is 0. The Morgan fingerprint density at radius 1 is 1.00 bits per heavy atom. The van der Waals surface area contributed by atoms with E-state index in [1.165, 1.54) is 0 Å². The van der Waals surface area contributed by atoms with Crippen LogP contribution in [0.5, 0.6) is 17.2 Å². The highest BCUT2D eigenvalue weighted by molar-refractivity contribution is 5.38. The summed E-state index contributed by atoms with van der Waals surface area (Å²) in [6.45, 7) is 0.452. The quantitative estimate of drug-likeness (QED) is 0.807. The van der Waals surface area contributed by atoms with Crippen molar-refractivity contribution in [3.63, 3.8) is 0 Å². The monoisotopic (exact) mass is 243 g/mol. The van der Waals surface area contributed by atoms with Gasteiger partial charge in [0.05, 0.1) is 14.2 Å². The second-order valence-electron chi connectivity index (χ2n) is 3.74. The van der Waals surface area contributed by atoms with Crippen LogP contribution in [0, 0.1) is 6.07 Å². The highest BCUT2D eigenvalue weighted by atomic mass is 16.5. The molecule has 0 spiro atoms. The SMILES string of the molecule is COc1cc(COc2[c]cccc2)cc(OC)c1. The fourth-order valence-corrected chi connectivity index (χ4v) is 1.58. The first kappa shape index (κ1) is 12.3. The third kappa shape index (κ3) is 3.17. The summed E-state index contributed by atoms with van der Waals surface area (Å²) in [7, 11) is 3.26. The number of hydrogen-bond donors (Lipinski definition) is 0. The minimum absolute atomic E-state index is 0.452. The number of ether oxygens (including phenoxy) is 3. The van der Waals surface area contributed by atoms with Crippen LogP contribution in [0.25, 0.3) is 0 Å². The van der Waals surface area contributed by atoms with Gasteiger partial charge in [-0.3, -0.25) is 0 Å². The fraction of sp³-hybridized carbons (Fsp3) is 0.200. The van der Waals surface area contributed by atoms with Crippen molar-refractivity contribution in [3.05, 3.63) is 54.1 Å². The molecule has 2 aromatic carbocycles. The molecule has 0 unspecified atom stereocenters. The van der Waals surface area contributed by atoms with Gasteiger partial charge in [-0.1, -0.05) is 18.2 Å². The number of para-hydroxylation sites is 1. The van der Waals surface area contributed by atoms with Crippen LogP contribution in [0.4, 0.5) is 0 Å². The van der Waals surface area contributed by atoms with Crippen LogP contribution in [-0.4, -0.2) is 14.2 Å². The topological polar surface area (TPSA) is 27.7 Å². The van der Waals surface area contributed by atoms with E-state index in [1.54, 1.807) is 14.2 Å². The molecule has 0 heterocycles. The normalized spacial score (nSPS) is 9.89. The predicted molar refractivity (Wildman–Crippen MR) is 69.2 cm³/mol. The Morgan fingerprint density at radius 3 is 2.28 bits per heavy atom. The molecular formula is C15H15O3. The van der Waals surface area contributed by atoms with E-state index in [4.69, 9.17) is 14.2 Å². The molecular weight excluding hydrogens is 228 g/mol. The highest BCUT2D eigenvalue weighted by Crippen LogP contribution is 2.23. The molecule has 0 amide bonds. The maximum absolute atomic E-state index is 5.62. The maximum atomic E-state index is 5.62. The molecule has 2 aromatic rings. The molecule has 93 valence electrons. The molecule has 0 aliphatic heterocycles. The van der Waals surface area contributed by atoms with Crippen LogP contribution < -0.4 is 14.2 Å². The zero-order valence-corrected chi connectivity index (χ0v) is 10.5. The van der Waals surface area contributed by atoms with Crippen LogP contribution in [-0.2, 0) is 6.61 Å². The Morgan fingerprint density at radius 2 is 1.72 bits per heavy atom. The Balaban J connectivity index is 2.09. The minimum atomic E-state index is 0.452. The van der Waals surface area contributed by atoms with Crippen LogP contribution in [0.15, 0.2) is 42.5 Å². The highest BCUT2D eigenvalue weighted by Gasteiger charge is 2.02. The number of methoxy groups -OCH3 is 2. The van der Waals surface area contributed by atoms with Crippen LogP contribution in [0.3, 0.4) is 0 Å². The third-order valence-electron chi connectivity index (χ3n) is 2.49. The van der Waals surface area contributed by atoms with E-state index in [9.17, 15) is 0 Å². The van der Waals surface area contributed by atoms with Crippen molar-refractivity contribution in [3.8, 4) is 17.2 Å². The van der Waals surface area contributed by atoms with Gasteiger partial charge in [-0.05, 0) is 23.8 Å². The molecule has 2 rings (SSSR count). The van der Waals surface area contributed by atoms with E-state index in [2.05, 4.69) is 6.07 Å². The van der Waals surface area contributed by atoms with Gasteiger partial charge >= 0.3 is 0 Å². The van der Waals surface area contributed by atoms with Gasteiger partial charge < -0.3 is 14.2 Å². The van der Waals surface area contributed by atoms with Gasteiger partial charge in [0.15, 0.2) is 0 Å². The van der Waals surface area contributed by atoms with Crippen molar-refractivity contribution in [1.29, 1.82) is 0 Å². The Hall–Kier alpha value is -2.16. The van der Waals surface area contributed by atoms with Crippen molar-refractivity contribution in [2.75, 3.05) is 14.2 Å². The van der Waals surface area contributed by atoms with Gasteiger partial charge in [0.2, 0.25) is 0 Å². The molecule has 0 saturated carbocycles. The van der Waals surface area contributed by atoms with Gasteiger partial charge in [-0.15, -0.1) is 0 Å². The lowest BCUT2D eigenvalue weighted by Crippen LogP contribution is -1.97. The molecule has 0 N–H and O–H groups in total. The molecule has 18 heavy (non-hydrogen) atoms. The van der Waals surface area contributed by atoms with Gasteiger partial charge in [0.25, 0.3) is 0 Å². The lowest BCUT2D eigenvalue weighted by molar-refractivity contribution is 0.303. The number of rotatable bonds is 5. The molecule has 0 atom stereocenters. The van der Waals surface area contributed by atoms with Crippen molar-refractivity contribution in [2.24, 2.45) is 0 Å². The lowest BCUT2D eigenvalue weighted by atomic mass is 10.2. The van der Waals surface area contributed by atoms with E-state index in [-0.39, 0.29) is 0 Å². The van der Waals surface area contributed by atoms with Crippen LogP contribution in [0.2, 0.25) is 0 Å². The van der Waals surface area contributed by atoms with Gasteiger partial charge in [0, 0.05) is 12.1 Å². The van der Waals surface area contributed by atoms with Gasteiger partial charge in [0.1, 0.15) is 23.9 Å². The van der Waals surface area contributed by atoms with Crippen molar-refractivity contribution >= 4 is 0 Å². The molecule has 0 fully saturated rings. The Labute approximate surface area is 107 Å². The average molecular weight is 243 g/mol. The summed E-state index contributed by atoms with van der Waals surface area (Å²) in [5.74, 6) is 2.23. The number of benzene rings is 2. The van der Waals surface area contributed by atoms with E-state index in [1.807, 2.05) is 42.5 Å². The summed E-state index contributed by atoms with van der Waals surface area (Å²) < 4.78 is 16.0. The van der Waals surface area contributed by atoms with E-state index >= 15 is 0 Å². The second-order valence-corrected chi connectivity index (χ2v) is 3.74. The molecule has 0 aliphatic carbocycles. The van der Waals surface area contributed by atoms with Crippen LogP contribution in [0.1, 0.15) is 5.56 Å². The second kappa shape index (κ2) is 5.96. The zero-order valence-electron chi connectivity index (χ0n) is 10.5. The van der Waals surface area contributed by atoms with Crippen molar-refractivity contribution in [2.45, 2.75) is 6.61 Å². The Kier molecular flexibility index (Phi) is 4.07. The lowest BCUT2D eigenvalue weighted by Gasteiger charge is -2.09. The third-order valence-corrected chi connectivity index (χ3v) is 2.49. The molecule has 0 bridgehead atoms. The standard InChI is InChI=1S/C15H15O3/c1-16-14-8-12(9-15(10-14)17-2)11-18-13-6-4-3-5-7-13/h3-6,8-10H,11H2,1-2H3. The van der Waals surface area contributed by atoms with Crippen molar-refractivity contribution in [1.82, 2.24) is 0 Å². The summed E-state index contributed by atoms with van der Waals surface area (Å²) in [6.07, 6.45) is 0. The maximum Gasteiger partial charge on any atom is 0.127 e.